The van der Waals surface area contributed by atoms with Crippen LogP contribution in [0.4, 0.5) is 11.5 Å². The molecule has 2 N–H and O–H groups in total. The Kier molecular flexibility index (Phi) is 5.62. The van der Waals surface area contributed by atoms with Gasteiger partial charge in [-0.3, -0.25) is 14.0 Å². The van der Waals surface area contributed by atoms with Gasteiger partial charge in [0.2, 0.25) is 5.78 Å². The number of aromatic nitrogens is 3. The number of para-hydroxylation sites is 2. The maximum Gasteiger partial charge on any atom is 0.266 e. The van der Waals surface area contributed by atoms with Gasteiger partial charge in [0.1, 0.15) is 5.82 Å². The predicted molar refractivity (Wildman–Crippen MR) is 108 cm³/mol. The third kappa shape index (κ3) is 3.44. The summed E-state index contributed by atoms with van der Waals surface area (Å²) < 4.78 is 1.96. The number of benzene rings is 2. The molecule has 0 bridgehead atoms. The SMILES string of the molecule is CNC(=O)c1ccccc1Nc1nc2nc3ccccc3c(=O)n2cc1Br.[Cl-]. The van der Waals surface area contributed by atoms with Crippen molar-refractivity contribution in [3.63, 3.8) is 0 Å². The summed E-state index contributed by atoms with van der Waals surface area (Å²) in [7, 11) is 1.57. The van der Waals surface area contributed by atoms with Gasteiger partial charge in [-0.25, -0.2) is 4.98 Å². The predicted octanol–water partition coefficient (Wildman–Crippen LogP) is 0.112. The van der Waals surface area contributed by atoms with E-state index in [-0.39, 0.29) is 29.7 Å². The van der Waals surface area contributed by atoms with Crippen LogP contribution in [0.2, 0.25) is 0 Å². The van der Waals surface area contributed by atoms with Gasteiger partial charge in [0.25, 0.3) is 11.5 Å². The average molecular weight is 460 g/mol. The molecule has 9 heteroatoms. The number of anilines is 2. The number of nitrogens with zero attached hydrogens (tertiary/aromatic N) is 3. The molecular formula is C19H14BrClN5O2-. The number of nitrogens with one attached hydrogen (secondary N) is 2. The minimum Gasteiger partial charge on any atom is -1.00 e. The number of carbonyl (C=O) groups is 1. The second-order valence-corrected chi connectivity index (χ2v) is 6.65. The van der Waals surface area contributed by atoms with E-state index in [1.165, 1.54) is 4.40 Å². The average Bonchev–Trinajstić information content (AvgIpc) is 2.69. The Labute approximate surface area is 174 Å². The van der Waals surface area contributed by atoms with Crippen LogP contribution in [0.1, 0.15) is 10.4 Å². The van der Waals surface area contributed by atoms with Crippen LogP contribution in [-0.2, 0) is 0 Å². The summed E-state index contributed by atoms with van der Waals surface area (Å²) in [5.74, 6) is 0.505. The third-order valence-corrected chi connectivity index (χ3v) is 4.70. The standard InChI is InChI=1S/C19H14BrN5O2.ClH/c1-21-17(26)11-6-2-4-8-14(11)22-16-13(20)10-25-18(27)12-7-3-5-9-15(12)23-19(25)24-16;/h2-10H,1H3,(H,21,26)(H,22,23,24);1H/p-1. The molecule has 1 amide bonds. The van der Waals surface area contributed by atoms with E-state index in [4.69, 9.17) is 0 Å². The molecule has 0 atom stereocenters. The van der Waals surface area contributed by atoms with Gasteiger partial charge in [0.15, 0.2) is 0 Å². The van der Waals surface area contributed by atoms with Crippen molar-refractivity contribution in [2.24, 2.45) is 0 Å². The molecule has 0 spiro atoms. The van der Waals surface area contributed by atoms with E-state index in [0.29, 0.717) is 32.4 Å². The van der Waals surface area contributed by atoms with Gasteiger partial charge in [0.05, 0.1) is 26.6 Å². The van der Waals surface area contributed by atoms with Crippen LogP contribution >= 0.6 is 15.9 Å². The highest BCUT2D eigenvalue weighted by molar-refractivity contribution is 9.10. The molecule has 2 aromatic heterocycles. The van der Waals surface area contributed by atoms with E-state index in [2.05, 4.69) is 36.5 Å². The minimum absolute atomic E-state index is 0. The second-order valence-electron chi connectivity index (χ2n) is 5.79. The first kappa shape index (κ1) is 19.8. The molecule has 0 fully saturated rings. The van der Waals surface area contributed by atoms with E-state index in [1.807, 2.05) is 12.1 Å². The fourth-order valence-electron chi connectivity index (χ4n) is 2.80. The zero-order valence-electron chi connectivity index (χ0n) is 14.6. The topological polar surface area (TPSA) is 88.4 Å². The fourth-order valence-corrected chi connectivity index (χ4v) is 3.19. The molecule has 0 aliphatic carbocycles. The molecule has 0 aliphatic heterocycles. The summed E-state index contributed by atoms with van der Waals surface area (Å²) in [6.45, 7) is 0. The minimum atomic E-state index is -0.213. The maximum absolute atomic E-state index is 12.7. The first-order valence-corrected chi connectivity index (χ1v) is 8.93. The maximum atomic E-state index is 12.7. The molecule has 142 valence electrons. The number of halogens is 2. The number of fused-ring (bicyclic) bond motifs is 2. The van der Waals surface area contributed by atoms with Crippen LogP contribution in [-0.4, -0.2) is 27.3 Å². The van der Waals surface area contributed by atoms with Crippen molar-refractivity contribution in [1.29, 1.82) is 0 Å². The van der Waals surface area contributed by atoms with E-state index in [9.17, 15) is 9.59 Å². The lowest BCUT2D eigenvalue weighted by Crippen LogP contribution is -3.00. The summed E-state index contributed by atoms with van der Waals surface area (Å²) in [5, 5.41) is 6.27. The van der Waals surface area contributed by atoms with Crippen LogP contribution < -0.4 is 28.6 Å². The normalized spacial score (nSPS) is 10.5. The number of carbonyl (C=O) groups excluding carboxylic acids is 1. The lowest BCUT2D eigenvalue weighted by molar-refractivity contribution is -0.0000137. The molecule has 28 heavy (non-hydrogen) atoms. The highest BCUT2D eigenvalue weighted by atomic mass is 79.9. The van der Waals surface area contributed by atoms with Crippen LogP contribution in [0, 0.1) is 0 Å². The summed E-state index contributed by atoms with van der Waals surface area (Å²) in [5.41, 5.74) is 1.46. The summed E-state index contributed by atoms with van der Waals surface area (Å²) in [6.07, 6.45) is 1.62. The Balaban J connectivity index is 0.00000225. The Morgan fingerprint density at radius 3 is 2.57 bits per heavy atom. The Hall–Kier alpha value is -2.97. The van der Waals surface area contributed by atoms with Crippen molar-refractivity contribution in [2.45, 2.75) is 0 Å². The molecular weight excluding hydrogens is 446 g/mol. The third-order valence-electron chi connectivity index (χ3n) is 4.12. The van der Waals surface area contributed by atoms with Crippen LogP contribution in [0.5, 0.6) is 0 Å². The zero-order chi connectivity index (χ0) is 19.0. The van der Waals surface area contributed by atoms with Crippen molar-refractivity contribution in [3.8, 4) is 0 Å². The van der Waals surface area contributed by atoms with E-state index in [1.54, 1.807) is 49.6 Å². The van der Waals surface area contributed by atoms with Gasteiger partial charge < -0.3 is 23.0 Å². The van der Waals surface area contributed by atoms with Crippen LogP contribution in [0.25, 0.3) is 16.7 Å². The first-order valence-electron chi connectivity index (χ1n) is 8.14. The lowest BCUT2D eigenvalue weighted by atomic mass is 10.1. The smallest absolute Gasteiger partial charge is 0.266 e. The fraction of sp³-hybridized carbons (Fsp3) is 0.0526. The number of amides is 1. The molecule has 0 saturated carbocycles. The summed E-state index contributed by atoms with van der Waals surface area (Å²) in [4.78, 5) is 33.7. The van der Waals surface area contributed by atoms with Gasteiger partial charge >= 0.3 is 0 Å². The number of hydrogen-bond donors (Lipinski definition) is 2. The zero-order valence-corrected chi connectivity index (χ0v) is 17.0. The van der Waals surface area contributed by atoms with Crippen LogP contribution in [0.3, 0.4) is 0 Å². The van der Waals surface area contributed by atoms with Crippen molar-refractivity contribution >= 4 is 50.0 Å². The molecule has 0 unspecified atom stereocenters. The van der Waals surface area contributed by atoms with Gasteiger partial charge in [0, 0.05) is 13.2 Å². The molecule has 2 heterocycles. The van der Waals surface area contributed by atoms with Gasteiger partial charge in [-0.1, -0.05) is 24.3 Å². The highest BCUT2D eigenvalue weighted by Gasteiger charge is 2.14. The molecule has 0 radical (unpaired) electrons. The number of rotatable bonds is 3. The van der Waals surface area contributed by atoms with Crippen molar-refractivity contribution < 1.29 is 17.2 Å². The Bertz CT molecular complexity index is 1260. The van der Waals surface area contributed by atoms with Gasteiger partial charge in [-0.05, 0) is 40.2 Å². The highest BCUT2D eigenvalue weighted by Crippen LogP contribution is 2.26. The lowest BCUT2D eigenvalue weighted by Gasteiger charge is -2.13. The molecule has 0 aliphatic rings. The molecule has 4 aromatic rings. The van der Waals surface area contributed by atoms with E-state index >= 15 is 0 Å². The number of hydrogen-bond acceptors (Lipinski definition) is 5. The Morgan fingerprint density at radius 1 is 1.07 bits per heavy atom. The summed E-state index contributed by atoms with van der Waals surface area (Å²) in [6, 6.07) is 14.2. The largest absolute Gasteiger partial charge is 1.00 e. The second kappa shape index (κ2) is 7.95. The van der Waals surface area contributed by atoms with E-state index in [0.717, 1.165) is 0 Å². The molecule has 7 nitrogen and oxygen atoms in total. The van der Waals surface area contributed by atoms with Gasteiger partial charge in [-0.2, -0.15) is 4.98 Å². The monoisotopic (exact) mass is 458 g/mol. The van der Waals surface area contributed by atoms with Gasteiger partial charge in [-0.15, -0.1) is 0 Å². The van der Waals surface area contributed by atoms with Crippen molar-refractivity contribution in [2.75, 3.05) is 12.4 Å². The molecule has 2 aromatic carbocycles. The van der Waals surface area contributed by atoms with Crippen molar-refractivity contribution in [1.82, 2.24) is 19.7 Å². The van der Waals surface area contributed by atoms with E-state index < -0.39 is 0 Å². The first-order chi connectivity index (χ1) is 13.1. The molecule has 4 rings (SSSR count). The van der Waals surface area contributed by atoms with Crippen molar-refractivity contribution in [3.05, 3.63) is 75.1 Å². The van der Waals surface area contributed by atoms with Crippen LogP contribution in [0.15, 0.2) is 64.0 Å². The Morgan fingerprint density at radius 2 is 1.79 bits per heavy atom. The quantitative estimate of drug-likeness (QED) is 0.425. The molecule has 0 saturated heterocycles. The summed E-state index contributed by atoms with van der Waals surface area (Å²) >= 11 is 3.44.